The van der Waals surface area contributed by atoms with E-state index in [0.717, 1.165) is 25.1 Å². The van der Waals surface area contributed by atoms with E-state index in [0.29, 0.717) is 12.1 Å². The van der Waals surface area contributed by atoms with Gasteiger partial charge in [-0.3, -0.25) is 4.90 Å². The van der Waals surface area contributed by atoms with Gasteiger partial charge in [0.15, 0.2) is 0 Å². The van der Waals surface area contributed by atoms with Gasteiger partial charge in [-0.1, -0.05) is 0 Å². The summed E-state index contributed by atoms with van der Waals surface area (Å²) in [7, 11) is 1.79. The molecule has 0 saturated carbocycles. The van der Waals surface area contributed by atoms with E-state index in [1.54, 1.807) is 13.4 Å². The van der Waals surface area contributed by atoms with Gasteiger partial charge in [0.05, 0.1) is 18.4 Å². The SMILES string of the molecule is COC1CCN(C(c2ccco2)C(C)N)C(C)C1. The Balaban J connectivity index is 2.12. The molecule has 4 unspecified atom stereocenters. The second kappa shape index (κ2) is 5.87. The number of furan rings is 1. The molecule has 1 aliphatic rings. The summed E-state index contributed by atoms with van der Waals surface area (Å²) in [5.74, 6) is 0.965. The predicted molar refractivity (Wildman–Crippen MR) is 71.3 cm³/mol. The molecule has 0 spiro atoms. The number of ether oxygens (including phenoxy) is 1. The van der Waals surface area contributed by atoms with E-state index in [1.807, 2.05) is 19.1 Å². The van der Waals surface area contributed by atoms with Crippen molar-refractivity contribution < 1.29 is 9.15 Å². The minimum Gasteiger partial charge on any atom is -0.468 e. The normalized spacial score (nSPS) is 29.1. The molecular weight excluding hydrogens is 228 g/mol. The van der Waals surface area contributed by atoms with E-state index >= 15 is 0 Å². The van der Waals surface area contributed by atoms with Crippen LogP contribution in [-0.2, 0) is 4.74 Å². The second-order valence-electron chi connectivity index (χ2n) is 5.29. The van der Waals surface area contributed by atoms with E-state index < -0.39 is 0 Å². The highest BCUT2D eigenvalue weighted by Crippen LogP contribution is 2.31. The lowest BCUT2D eigenvalue weighted by Gasteiger charge is -2.42. The Morgan fingerprint density at radius 1 is 1.56 bits per heavy atom. The Hall–Kier alpha value is -0.840. The molecule has 0 radical (unpaired) electrons. The van der Waals surface area contributed by atoms with Crippen molar-refractivity contribution in [3.8, 4) is 0 Å². The summed E-state index contributed by atoms with van der Waals surface area (Å²) in [6.45, 7) is 5.29. The Labute approximate surface area is 109 Å². The molecule has 0 aliphatic carbocycles. The van der Waals surface area contributed by atoms with Gasteiger partial charge in [0.2, 0.25) is 0 Å². The van der Waals surface area contributed by atoms with Crippen LogP contribution >= 0.6 is 0 Å². The molecule has 18 heavy (non-hydrogen) atoms. The maximum absolute atomic E-state index is 6.16. The van der Waals surface area contributed by atoms with Crippen molar-refractivity contribution in [3.63, 3.8) is 0 Å². The Kier molecular flexibility index (Phi) is 4.43. The summed E-state index contributed by atoms with van der Waals surface area (Å²) in [5, 5.41) is 0. The monoisotopic (exact) mass is 252 g/mol. The molecule has 2 N–H and O–H groups in total. The van der Waals surface area contributed by atoms with Gasteiger partial charge in [0.25, 0.3) is 0 Å². The smallest absolute Gasteiger partial charge is 0.122 e. The number of likely N-dealkylation sites (tertiary alicyclic amines) is 1. The molecule has 102 valence electrons. The van der Waals surface area contributed by atoms with Crippen LogP contribution in [0, 0.1) is 0 Å². The number of rotatable bonds is 4. The van der Waals surface area contributed by atoms with E-state index in [9.17, 15) is 0 Å². The Bertz CT molecular complexity index is 351. The van der Waals surface area contributed by atoms with Gasteiger partial charge in [-0.25, -0.2) is 0 Å². The summed E-state index contributed by atoms with van der Waals surface area (Å²) in [5.41, 5.74) is 6.16. The minimum absolute atomic E-state index is 0.0534. The van der Waals surface area contributed by atoms with Gasteiger partial charge in [-0.15, -0.1) is 0 Å². The summed E-state index contributed by atoms with van der Waals surface area (Å²) in [6.07, 6.45) is 4.21. The molecule has 4 atom stereocenters. The molecule has 1 saturated heterocycles. The topological polar surface area (TPSA) is 51.6 Å². The number of hydrogen-bond donors (Lipinski definition) is 1. The van der Waals surface area contributed by atoms with Crippen molar-refractivity contribution in [1.82, 2.24) is 4.90 Å². The lowest BCUT2D eigenvalue weighted by molar-refractivity contribution is -0.00978. The third-order valence-electron chi connectivity index (χ3n) is 3.90. The molecule has 2 heterocycles. The highest BCUT2D eigenvalue weighted by molar-refractivity contribution is 5.08. The van der Waals surface area contributed by atoms with E-state index in [1.165, 1.54) is 0 Å². The van der Waals surface area contributed by atoms with Crippen molar-refractivity contribution in [2.24, 2.45) is 5.73 Å². The zero-order chi connectivity index (χ0) is 13.1. The van der Waals surface area contributed by atoms with Gasteiger partial charge in [0, 0.05) is 25.7 Å². The lowest BCUT2D eigenvalue weighted by atomic mass is 9.95. The molecule has 4 nitrogen and oxygen atoms in total. The first-order valence-corrected chi connectivity index (χ1v) is 6.71. The van der Waals surface area contributed by atoms with E-state index in [4.69, 9.17) is 14.9 Å². The van der Waals surface area contributed by atoms with Crippen molar-refractivity contribution in [1.29, 1.82) is 0 Å². The molecular formula is C14H24N2O2. The van der Waals surface area contributed by atoms with Crippen LogP contribution in [0.3, 0.4) is 0 Å². The van der Waals surface area contributed by atoms with Crippen LogP contribution < -0.4 is 5.73 Å². The minimum atomic E-state index is 0.0534. The number of nitrogens with zero attached hydrogens (tertiary/aromatic N) is 1. The Morgan fingerprint density at radius 3 is 2.83 bits per heavy atom. The molecule has 1 aromatic rings. The molecule has 1 aliphatic heterocycles. The molecule has 0 bridgehead atoms. The maximum Gasteiger partial charge on any atom is 0.122 e. The predicted octanol–water partition coefficient (Wildman–Crippen LogP) is 2.17. The average Bonchev–Trinajstić information content (AvgIpc) is 2.84. The fourth-order valence-corrected chi connectivity index (χ4v) is 2.96. The first kappa shape index (κ1) is 13.6. The first-order valence-electron chi connectivity index (χ1n) is 6.71. The number of methoxy groups -OCH3 is 1. The zero-order valence-corrected chi connectivity index (χ0v) is 11.5. The van der Waals surface area contributed by atoms with Crippen LogP contribution in [0.4, 0.5) is 0 Å². The van der Waals surface area contributed by atoms with Gasteiger partial charge in [0.1, 0.15) is 5.76 Å². The summed E-state index contributed by atoms with van der Waals surface area (Å²) < 4.78 is 11.0. The van der Waals surface area contributed by atoms with Crippen molar-refractivity contribution in [2.45, 2.75) is 50.9 Å². The van der Waals surface area contributed by atoms with Crippen LogP contribution in [0.25, 0.3) is 0 Å². The third kappa shape index (κ3) is 2.76. The van der Waals surface area contributed by atoms with E-state index in [-0.39, 0.29) is 12.1 Å². The molecule has 1 aromatic heterocycles. The second-order valence-corrected chi connectivity index (χ2v) is 5.29. The summed E-state index contributed by atoms with van der Waals surface area (Å²) in [6, 6.07) is 4.62. The first-order chi connectivity index (χ1) is 8.63. The molecule has 0 amide bonds. The quantitative estimate of drug-likeness (QED) is 0.892. The van der Waals surface area contributed by atoms with Gasteiger partial charge in [-0.05, 0) is 38.8 Å². The van der Waals surface area contributed by atoms with Gasteiger partial charge < -0.3 is 14.9 Å². The molecule has 1 fully saturated rings. The van der Waals surface area contributed by atoms with Crippen LogP contribution in [0.1, 0.15) is 38.5 Å². The number of nitrogens with two attached hydrogens (primary N) is 1. The standard InChI is InChI=1S/C14H24N2O2/c1-10-9-12(17-3)6-7-16(10)14(11(2)15)13-5-4-8-18-13/h4-5,8,10-12,14H,6-7,9,15H2,1-3H3. The fraction of sp³-hybridized carbons (Fsp3) is 0.714. The van der Waals surface area contributed by atoms with Crippen molar-refractivity contribution in [2.75, 3.05) is 13.7 Å². The largest absolute Gasteiger partial charge is 0.468 e. The van der Waals surface area contributed by atoms with Crippen molar-refractivity contribution >= 4 is 0 Å². The van der Waals surface area contributed by atoms with Crippen LogP contribution in [0.2, 0.25) is 0 Å². The lowest BCUT2D eigenvalue weighted by Crippen LogP contribution is -2.49. The molecule has 2 rings (SSSR count). The van der Waals surface area contributed by atoms with Crippen LogP contribution in [0.15, 0.2) is 22.8 Å². The van der Waals surface area contributed by atoms with Crippen molar-refractivity contribution in [3.05, 3.63) is 24.2 Å². The molecule has 0 aromatic carbocycles. The fourth-order valence-electron chi connectivity index (χ4n) is 2.96. The molecule has 4 heteroatoms. The third-order valence-corrected chi connectivity index (χ3v) is 3.90. The zero-order valence-electron chi connectivity index (χ0n) is 11.5. The van der Waals surface area contributed by atoms with Crippen LogP contribution in [-0.4, -0.2) is 36.7 Å². The Morgan fingerprint density at radius 2 is 2.33 bits per heavy atom. The van der Waals surface area contributed by atoms with Gasteiger partial charge >= 0.3 is 0 Å². The summed E-state index contributed by atoms with van der Waals surface area (Å²) in [4.78, 5) is 2.44. The number of piperidine rings is 1. The maximum atomic E-state index is 6.16. The average molecular weight is 252 g/mol. The van der Waals surface area contributed by atoms with Gasteiger partial charge in [-0.2, -0.15) is 0 Å². The number of hydrogen-bond acceptors (Lipinski definition) is 4. The summed E-state index contributed by atoms with van der Waals surface area (Å²) >= 11 is 0. The highest BCUT2D eigenvalue weighted by atomic mass is 16.5. The van der Waals surface area contributed by atoms with Crippen LogP contribution in [0.5, 0.6) is 0 Å². The van der Waals surface area contributed by atoms with E-state index in [2.05, 4.69) is 11.8 Å². The highest BCUT2D eigenvalue weighted by Gasteiger charge is 2.34.